The van der Waals surface area contributed by atoms with E-state index in [1.165, 1.54) is 5.57 Å². The fourth-order valence-corrected chi connectivity index (χ4v) is 3.05. The van der Waals surface area contributed by atoms with Crippen molar-refractivity contribution in [2.75, 3.05) is 0 Å². The Morgan fingerprint density at radius 1 is 1.47 bits per heavy atom. The molecule has 0 bridgehead atoms. The van der Waals surface area contributed by atoms with Crippen LogP contribution in [0.25, 0.3) is 0 Å². The largest absolute Gasteiger partial charge is 0.390 e. The van der Waals surface area contributed by atoms with Crippen molar-refractivity contribution in [3.05, 3.63) is 11.6 Å². The smallest absolute Gasteiger partial charge is 0.0654 e. The molecule has 1 aliphatic rings. The first-order valence-corrected chi connectivity index (χ1v) is 6.75. The van der Waals surface area contributed by atoms with Gasteiger partial charge in [0.15, 0.2) is 0 Å². The summed E-state index contributed by atoms with van der Waals surface area (Å²) in [5.74, 6) is 0.382. The molecule has 1 saturated carbocycles. The van der Waals surface area contributed by atoms with Crippen molar-refractivity contribution in [3.8, 4) is 0 Å². The average Bonchev–Trinajstić information content (AvgIpc) is 2.41. The summed E-state index contributed by atoms with van der Waals surface area (Å²) in [6.45, 7) is 10.0. The lowest BCUT2D eigenvalue weighted by atomic mass is 9.76. The van der Waals surface area contributed by atoms with E-state index in [9.17, 15) is 10.2 Å². The second-order valence-electron chi connectivity index (χ2n) is 6.47. The summed E-state index contributed by atoms with van der Waals surface area (Å²) in [7, 11) is 0. The van der Waals surface area contributed by atoms with Crippen molar-refractivity contribution in [3.63, 3.8) is 0 Å². The highest BCUT2D eigenvalue weighted by atomic mass is 16.3. The Bertz CT molecular complexity index is 285. The third-order valence-electron chi connectivity index (χ3n) is 4.55. The van der Waals surface area contributed by atoms with Gasteiger partial charge in [-0.3, -0.25) is 0 Å². The van der Waals surface area contributed by atoms with Crippen LogP contribution in [0.1, 0.15) is 60.3 Å². The molecule has 0 radical (unpaired) electrons. The third-order valence-corrected chi connectivity index (χ3v) is 4.55. The van der Waals surface area contributed by atoms with Gasteiger partial charge in [-0.1, -0.05) is 18.6 Å². The SMILES string of the molecule is CC(C)=CCCC(C)(O)C1CCC(C)(O)C1C. The number of allylic oxidation sites excluding steroid dienone is 2. The van der Waals surface area contributed by atoms with Gasteiger partial charge in [0.25, 0.3) is 0 Å². The lowest BCUT2D eigenvalue weighted by Crippen LogP contribution is -2.40. The van der Waals surface area contributed by atoms with Crippen LogP contribution in [0.5, 0.6) is 0 Å². The predicted molar refractivity (Wildman–Crippen MR) is 71.8 cm³/mol. The van der Waals surface area contributed by atoms with Crippen LogP contribution < -0.4 is 0 Å². The van der Waals surface area contributed by atoms with E-state index in [-0.39, 0.29) is 11.8 Å². The lowest BCUT2D eigenvalue weighted by Gasteiger charge is -2.35. The minimum absolute atomic E-state index is 0.171. The van der Waals surface area contributed by atoms with Crippen molar-refractivity contribution in [1.82, 2.24) is 0 Å². The summed E-state index contributed by atoms with van der Waals surface area (Å²) >= 11 is 0. The molecule has 0 spiro atoms. The second-order valence-corrected chi connectivity index (χ2v) is 6.47. The Hall–Kier alpha value is -0.340. The van der Waals surface area contributed by atoms with Crippen molar-refractivity contribution in [2.45, 2.75) is 71.5 Å². The quantitative estimate of drug-likeness (QED) is 0.740. The first-order chi connectivity index (χ1) is 7.67. The van der Waals surface area contributed by atoms with Crippen LogP contribution in [-0.2, 0) is 0 Å². The van der Waals surface area contributed by atoms with E-state index in [4.69, 9.17) is 0 Å². The highest BCUT2D eigenvalue weighted by Gasteiger charge is 2.47. The van der Waals surface area contributed by atoms with Crippen LogP contribution in [0.4, 0.5) is 0 Å². The number of rotatable bonds is 4. The van der Waals surface area contributed by atoms with Crippen molar-refractivity contribution in [2.24, 2.45) is 11.8 Å². The molecule has 0 heterocycles. The molecule has 0 aliphatic heterocycles. The fourth-order valence-electron chi connectivity index (χ4n) is 3.05. The zero-order valence-electron chi connectivity index (χ0n) is 12.0. The van der Waals surface area contributed by atoms with Crippen LogP contribution in [0.15, 0.2) is 11.6 Å². The molecular weight excluding hydrogens is 212 g/mol. The van der Waals surface area contributed by atoms with E-state index in [1.807, 2.05) is 13.8 Å². The molecule has 0 aromatic rings. The van der Waals surface area contributed by atoms with Gasteiger partial charge in [0, 0.05) is 0 Å². The molecule has 2 heteroatoms. The molecule has 1 rings (SSSR count). The summed E-state index contributed by atoms with van der Waals surface area (Å²) in [6.07, 6.45) is 5.60. The predicted octanol–water partition coefficient (Wildman–Crippen LogP) is 3.28. The van der Waals surface area contributed by atoms with Crippen LogP contribution in [0.2, 0.25) is 0 Å². The standard InChI is InChI=1S/C15H28O2/c1-11(2)7-6-9-15(5,17)13-8-10-14(4,16)12(13)3/h7,12-13,16-17H,6,8-10H2,1-5H3. The summed E-state index contributed by atoms with van der Waals surface area (Å²) in [5, 5.41) is 20.8. The van der Waals surface area contributed by atoms with E-state index in [2.05, 4.69) is 26.8 Å². The molecule has 1 fully saturated rings. The summed E-state index contributed by atoms with van der Waals surface area (Å²) < 4.78 is 0. The molecule has 0 aromatic heterocycles. The maximum Gasteiger partial charge on any atom is 0.0654 e. The zero-order valence-corrected chi connectivity index (χ0v) is 12.0. The summed E-state index contributed by atoms with van der Waals surface area (Å²) in [5.41, 5.74) is 0.0316. The first-order valence-electron chi connectivity index (χ1n) is 6.75. The monoisotopic (exact) mass is 240 g/mol. The molecule has 0 saturated heterocycles. The van der Waals surface area contributed by atoms with Gasteiger partial charge in [0.1, 0.15) is 0 Å². The number of aliphatic hydroxyl groups is 2. The van der Waals surface area contributed by atoms with Crippen molar-refractivity contribution >= 4 is 0 Å². The van der Waals surface area contributed by atoms with Gasteiger partial charge >= 0.3 is 0 Å². The molecule has 2 N–H and O–H groups in total. The van der Waals surface area contributed by atoms with Gasteiger partial charge in [-0.25, -0.2) is 0 Å². The molecule has 4 atom stereocenters. The lowest BCUT2D eigenvalue weighted by molar-refractivity contribution is -0.0540. The Morgan fingerprint density at radius 2 is 2.06 bits per heavy atom. The minimum atomic E-state index is -0.661. The van der Waals surface area contributed by atoms with Gasteiger partial charge in [0.2, 0.25) is 0 Å². The number of hydrogen-bond donors (Lipinski definition) is 2. The van der Waals surface area contributed by atoms with Gasteiger partial charge in [0.05, 0.1) is 11.2 Å². The van der Waals surface area contributed by atoms with Crippen LogP contribution in [0.3, 0.4) is 0 Å². The van der Waals surface area contributed by atoms with Gasteiger partial charge < -0.3 is 10.2 Å². The van der Waals surface area contributed by atoms with Gasteiger partial charge in [-0.05, 0) is 65.2 Å². The Balaban J connectivity index is 2.62. The molecule has 0 amide bonds. The average molecular weight is 240 g/mol. The summed E-state index contributed by atoms with van der Waals surface area (Å²) in [6, 6.07) is 0. The molecular formula is C15H28O2. The van der Waals surface area contributed by atoms with Crippen molar-refractivity contribution < 1.29 is 10.2 Å². The Morgan fingerprint density at radius 3 is 2.47 bits per heavy atom. The van der Waals surface area contributed by atoms with Gasteiger partial charge in [-0.2, -0.15) is 0 Å². The van der Waals surface area contributed by atoms with Gasteiger partial charge in [-0.15, -0.1) is 0 Å². The van der Waals surface area contributed by atoms with E-state index >= 15 is 0 Å². The molecule has 1 aliphatic carbocycles. The highest BCUT2D eigenvalue weighted by molar-refractivity contribution is 5.01. The minimum Gasteiger partial charge on any atom is -0.390 e. The third kappa shape index (κ3) is 3.56. The molecule has 17 heavy (non-hydrogen) atoms. The Kier molecular flexibility index (Phi) is 4.43. The topological polar surface area (TPSA) is 40.5 Å². The highest BCUT2D eigenvalue weighted by Crippen LogP contribution is 2.46. The maximum atomic E-state index is 10.6. The summed E-state index contributed by atoms with van der Waals surface area (Å²) in [4.78, 5) is 0. The molecule has 2 nitrogen and oxygen atoms in total. The van der Waals surface area contributed by atoms with Crippen LogP contribution >= 0.6 is 0 Å². The van der Waals surface area contributed by atoms with Crippen molar-refractivity contribution in [1.29, 1.82) is 0 Å². The van der Waals surface area contributed by atoms with Crippen LogP contribution in [-0.4, -0.2) is 21.4 Å². The molecule has 100 valence electrons. The van der Waals surface area contributed by atoms with E-state index < -0.39 is 11.2 Å². The van der Waals surface area contributed by atoms with E-state index in [0.717, 1.165) is 25.7 Å². The van der Waals surface area contributed by atoms with E-state index in [1.54, 1.807) is 0 Å². The van der Waals surface area contributed by atoms with Crippen LogP contribution in [0, 0.1) is 11.8 Å². The fraction of sp³-hybridized carbons (Fsp3) is 0.867. The molecule has 0 aromatic carbocycles. The van der Waals surface area contributed by atoms with E-state index in [0.29, 0.717) is 0 Å². The normalized spacial score (nSPS) is 36.6. The number of hydrogen-bond acceptors (Lipinski definition) is 2. The maximum absolute atomic E-state index is 10.6. The molecule has 4 unspecified atom stereocenters. The second kappa shape index (κ2) is 5.11. The zero-order chi connectivity index (χ0) is 13.3. The Labute approximate surface area is 106 Å². The first kappa shape index (κ1) is 14.7.